The van der Waals surface area contributed by atoms with E-state index in [4.69, 9.17) is 0 Å². The van der Waals surface area contributed by atoms with E-state index < -0.39 is 0 Å². The smallest absolute Gasteiger partial charge is 0.230 e. The Bertz CT molecular complexity index is 667. The molecule has 1 fully saturated rings. The Labute approximate surface area is 144 Å². The van der Waals surface area contributed by atoms with Crippen molar-refractivity contribution in [2.45, 2.75) is 37.1 Å². The van der Waals surface area contributed by atoms with E-state index >= 15 is 0 Å². The monoisotopic (exact) mass is 348 g/mol. The van der Waals surface area contributed by atoms with Gasteiger partial charge in [0.25, 0.3) is 0 Å². The fourth-order valence-corrected chi connectivity index (χ4v) is 3.80. The molecule has 0 saturated heterocycles. The maximum Gasteiger partial charge on any atom is 0.230 e. The number of nitrogens with one attached hydrogen (secondary N) is 2. The standard InChI is InChI=1S/C16H20N4OS2/c1-10-3-7-13(8-4-10)18-15-19-20-16(23-15)22-9-14(21)17-11(2)12-5-6-12/h3-4,7-8,11-12H,5-6,9H2,1-2H3,(H,17,21)(H,18,19)/t11-/m0/s1. The number of hydrogen-bond acceptors (Lipinski definition) is 6. The molecule has 0 radical (unpaired) electrons. The molecule has 1 aromatic heterocycles. The number of aromatic nitrogens is 2. The van der Waals surface area contributed by atoms with Crippen molar-refractivity contribution in [1.29, 1.82) is 0 Å². The first-order valence-corrected chi connectivity index (χ1v) is 9.50. The number of aryl methyl sites for hydroxylation is 1. The number of anilines is 2. The van der Waals surface area contributed by atoms with E-state index in [9.17, 15) is 4.79 Å². The van der Waals surface area contributed by atoms with Crippen LogP contribution in [-0.4, -0.2) is 27.9 Å². The molecule has 1 heterocycles. The van der Waals surface area contributed by atoms with E-state index in [1.165, 1.54) is 41.5 Å². The van der Waals surface area contributed by atoms with Crippen molar-refractivity contribution in [2.75, 3.05) is 11.1 Å². The Morgan fingerprint density at radius 3 is 2.78 bits per heavy atom. The lowest BCUT2D eigenvalue weighted by atomic mass is 10.2. The Kier molecular flexibility index (Phi) is 5.17. The number of carbonyl (C=O) groups excluding carboxylic acids is 1. The summed E-state index contributed by atoms with van der Waals surface area (Å²) in [6.45, 7) is 4.13. The molecule has 0 unspecified atom stereocenters. The third-order valence-electron chi connectivity index (χ3n) is 3.75. The second-order valence-electron chi connectivity index (χ2n) is 5.85. The largest absolute Gasteiger partial charge is 0.353 e. The van der Waals surface area contributed by atoms with Crippen LogP contribution in [-0.2, 0) is 4.79 Å². The lowest BCUT2D eigenvalue weighted by molar-refractivity contribution is -0.119. The molecule has 5 nitrogen and oxygen atoms in total. The Morgan fingerprint density at radius 1 is 1.35 bits per heavy atom. The lowest BCUT2D eigenvalue weighted by Gasteiger charge is -2.11. The number of thioether (sulfide) groups is 1. The van der Waals surface area contributed by atoms with Crippen molar-refractivity contribution in [1.82, 2.24) is 15.5 Å². The first-order chi connectivity index (χ1) is 11.1. The Morgan fingerprint density at radius 2 is 2.09 bits per heavy atom. The Hall–Kier alpha value is -1.60. The molecule has 1 amide bonds. The average Bonchev–Trinajstić information content (AvgIpc) is 3.29. The van der Waals surface area contributed by atoms with Gasteiger partial charge in [0.1, 0.15) is 0 Å². The number of benzene rings is 1. The molecular formula is C16H20N4OS2. The lowest BCUT2D eigenvalue weighted by Crippen LogP contribution is -2.35. The molecule has 0 bridgehead atoms. The first-order valence-electron chi connectivity index (χ1n) is 7.69. The van der Waals surface area contributed by atoms with Crippen LogP contribution in [0.2, 0.25) is 0 Å². The second kappa shape index (κ2) is 7.31. The van der Waals surface area contributed by atoms with Gasteiger partial charge < -0.3 is 10.6 Å². The van der Waals surface area contributed by atoms with E-state index in [-0.39, 0.29) is 11.9 Å². The predicted molar refractivity (Wildman–Crippen MR) is 95.4 cm³/mol. The van der Waals surface area contributed by atoms with E-state index in [0.717, 1.165) is 15.2 Å². The van der Waals surface area contributed by atoms with Gasteiger partial charge in [0.2, 0.25) is 11.0 Å². The van der Waals surface area contributed by atoms with Crippen molar-refractivity contribution < 1.29 is 4.79 Å². The van der Waals surface area contributed by atoms with Crippen LogP contribution < -0.4 is 10.6 Å². The maximum absolute atomic E-state index is 11.9. The summed E-state index contributed by atoms with van der Waals surface area (Å²) >= 11 is 2.89. The van der Waals surface area contributed by atoms with Crippen molar-refractivity contribution in [3.05, 3.63) is 29.8 Å². The summed E-state index contributed by atoms with van der Waals surface area (Å²) in [5.74, 6) is 1.13. The van der Waals surface area contributed by atoms with E-state index in [0.29, 0.717) is 11.7 Å². The minimum atomic E-state index is 0.0673. The van der Waals surface area contributed by atoms with Crippen LogP contribution in [0.4, 0.5) is 10.8 Å². The minimum Gasteiger partial charge on any atom is -0.353 e. The molecule has 1 aromatic carbocycles. The summed E-state index contributed by atoms with van der Waals surface area (Å²) in [6.07, 6.45) is 2.47. The van der Waals surface area contributed by atoms with Gasteiger partial charge in [-0.05, 0) is 44.7 Å². The topological polar surface area (TPSA) is 66.9 Å². The zero-order valence-corrected chi connectivity index (χ0v) is 14.8. The van der Waals surface area contributed by atoms with Gasteiger partial charge in [0, 0.05) is 11.7 Å². The zero-order valence-electron chi connectivity index (χ0n) is 13.2. The van der Waals surface area contributed by atoms with Gasteiger partial charge in [-0.1, -0.05) is 40.8 Å². The van der Waals surface area contributed by atoms with Crippen LogP contribution in [0, 0.1) is 12.8 Å². The number of hydrogen-bond donors (Lipinski definition) is 2. The number of rotatable bonds is 7. The molecular weight excluding hydrogens is 328 g/mol. The van der Waals surface area contributed by atoms with Crippen LogP contribution in [0.5, 0.6) is 0 Å². The van der Waals surface area contributed by atoms with Gasteiger partial charge in [-0.2, -0.15) is 0 Å². The van der Waals surface area contributed by atoms with Crippen LogP contribution in [0.1, 0.15) is 25.3 Å². The van der Waals surface area contributed by atoms with Crippen molar-refractivity contribution in [2.24, 2.45) is 5.92 Å². The highest BCUT2D eigenvalue weighted by Crippen LogP contribution is 2.32. The molecule has 1 aliphatic carbocycles. The molecule has 23 heavy (non-hydrogen) atoms. The van der Waals surface area contributed by atoms with Crippen molar-refractivity contribution >= 4 is 39.8 Å². The van der Waals surface area contributed by atoms with Gasteiger partial charge in [0.15, 0.2) is 4.34 Å². The fourth-order valence-electron chi connectivity index (χ4n) is 2.22. The normalized spacial score (nSPS) is 15.2. The van der Waals surface area contributed by atoms with Gasteiger partial charge in [-0.3, -0.25) is 4.79 Å². The summed E-state index contributed by atoms with van der Waals surface area (Å²) in [5, 5.41) is 15.2. The maximum atomic E-state index is 11.9. The predicted octanol–water partition coefficient (Wildman–Crippen LogP) is 3.60. The SMILES string of the molecule is Cc1ccc(Nc2nnc(SCC(=O)N[C@@H](C)C3CC3)s2)cc1. The summed E-state index contributed by atoms with van der Waals surface area (Å²) in [6, 6.07) is 8.40. The fraction of sp³-hybridized carbons (Fsp3) is 0.438. The molecule has 1 saturated carbocycles. The summed E-state index contributed by atoms with van der Waals surface area (Å²) in [5.41, 5.74) is 2.20. The molecule has 1 atom stereocenters. The van der Waals surface area contributed by atoms with Crippen molar-refractivity contribution in [3.8, 4) is 0 Å². The molecule has 3 rings (SSSR count). The Balaban J connectivity index is 1.47. The third kappa shape index (κ3) is 4.94. The summed E-state index contributed by atoms with van der Waals surface area (Å²) in [4.78, 5) is 11.9. The number of carbonyl (C=O) groups is 1. The van der Waals surface area contributed by atoms with Crippen molar-refractivity contribution in [3.63, 3.8) is 0 Å². The van der Waals surface area contributed by atoms with Gasteiger partial charge in [0.05, 0.1) is 5.75 Å². The quantitative estimate of drug-likeness (QED) is 0.749. The van der Waals surface area contributed by atoms with E-state index in [1.54, 1.807) is 0 Å². The number of nitrogens with zero attached hydrogens (tertiary/aromatic N) is 2. The van der Waals surface area contributed by atoms with Gasteiger partial charge >= 0.3 is 0 Å². The molecule has 1 aliphatic rings. The van der Waals surface area contributed by atoms with E-state index in [2.05, 4.69) is 34.7 Å². The van der Waals surface area contributed by atoms with Gasteiger partial charge in [-0.25, -0.2) is 0 Å². The molecule has 2 N–H and O–H groups in total. The minimum absolute atomic E-state index is 0.0673. The summed E-state index contributed by atoms with van der Waals surface area (Å²) < 4.78 is 0.800. The third-order valence-corrected chi connectivity index (χ3v) is 5.73. The molecule has 0 spiro atoms. The molecule has 122 valence electrons. The number of amides is 1. The van der Waals surface area contributed by atoms with Crippen LogP contribution in [0.3, 0.4) is 0 Å². The highest BCUT2D eigenvalue weighted by molar-refractivity contribution is 8.01. The molecule has 7 heteroatoms. The average molecular weight is 348 g/mol. The first kappa shape index (κ1) is 16.3. The highest BCUT2D eigenvalue weighted by atomic mass is 32.2. The second-order valence-corrected chi connectivity index (χ2v) is 8.05. The molecule has 2 aromatic rings. The van der Waals surface area contributed by atoms with Crippen LogP contribution in [0.25, 0.3) is 0 Å². The zero-order chi connectivity index (χ0) is 16.2. The van der Waals surface area contributed by atoms with Crippen LogP contribution >= 0.6 is 23.1 Å². The molecule has 0 aliphatic heterocycles. The van der Waals surface area contributed by atoms with Crippen LogP contribution in [0.15, 0.2) is 28.6 Å². The van der Waals surface area contributed by atoms with Gasteiger partial charge in [-0.15, -0.1) is 10.2 Å². The highest BCUT2D eigenvalue weighted by Gasteiger charge is 2.28. The van der Waals surface area contributed by atoms with E-state index in [1.807, 2.05) is 24.3 Å². The summed E-state index contributed by atoms with van der Waals surface area (Å²) in [7, 11) is 0.